The molecule has 1 amide bonds. The highest BCUT2D eigenvalue weighted by Gasteiger charge is 2.15. The molecule has 1 N–H and O–H groups in total. The van der Waals surface area contributed by atoms with Crippen molar-refractivity contribution in [2.45, 2.75) is 6.92 Å². The molecule has 4 aromatic rings. The van der Waals surface area contributed by atoms with Gasteiger partial charge < -0.3 is 5.32 Å². The fourth-order valence-corrected chi connectivity index (χ4v) is 2.58. The summed E-state index contributed by atoms with van der Waals surface area (Å²) in [5.41, 5.74) is 2.43. The van der Waals surface area contributed by atoms with Gasteiger partial charge in [-0.1, -0.05) is 6.07 Å². The zero-order valence-corrected chi connectivity index (χ0v) is 14.4. The number of amides is 1. The number of nitrogens with zero attached hydrogens (tertiary/aromatic N) is 6. The molecule has 0 bridgehead atoms. The number of carbonyl (C=O) groups is 1. The van der Waals surface area contributed by atoms with E-state index in [-0.39, 0.29) is 5.91 Å². The van der Waals surface area contributed by atoms with Gasteiger partial charge in [-0.2, -0.15) is 5.10 Å². The third-order valence-corrected chi connectivity index (χ3v) is 3.76. The molecule has 4 rings (SSSR count). The van der Waals surface area contributed by atoms with Crippen LogP contribution in [0.15, 0.2) is 67.3 Å². The number of hydrogen-bond acceptors (Lipinski definition) is 6. The van der Waals surface area contributed by atoms with Crippen molar-refractivity contribution in [3.63, 3.8) is 0 Å². The first kappa shape index (κ1) is 16.5. The molecular weight excluding hydrogens is 342 g/mol. The van der Waals surface area contributed by atoms with Gasteiger partial charge in [0.15, 0.2) is 5.82 Å². The summed E-state index contributed by atoms with van der Waals surface area (Å²) in [6.45, 7) is 1.84. The lowest BCUT2D eigenvalue weighted by molar-refractivity contribution is 0.101. The molecule has 0 fully saturated rings. The minimum Gasteiger partial charge on any atom is -0.305 e. The number of nitrogens with one attached hydrogen (secondary N) is 1. The predicted molar refractivity (Wildman–Crippen MR) is 99.3 cm³/mol. The second kappa shape index (κ2) is 7.12. The smallest absolute Gasteiger partial charge is 0.275 e. The van der Waals surface area contributed by atoms with Crippen molar-refractivity contribution in [3.8, 4) is 17.2 Å². The van der Waals surface area contributed by atoms with E-state index in [0.717, 1.165) is 5.69 Å². The summed E-state index contributed by atoms with van der Waals surface area (Å²) in [7, 11) is 0. The van der Waals surface area contributed by atoms with E-state index < -0.39 is 0 Å². The van der Waals surface area contributed by atoms with E-state index in [4.69, 9.17) is 0 Å². The number of aromatic nitrogens is 6. The molecule has 0 saturated carbocycles. The van der Waals surface area contributed by atoms with E-state index in [2.05, 4.69) is 30.4 Å². The number of hydrogen-bond donors (Lipinski definition) is 1. The van der Waals surface area contributed by atoms with Crippen LogP contribution in [0, 0.1) is 6.92 Å². The molecule has 4 heterocycles. The minimum atomic E-state index is -0.332. The molecule has 0 saturated heterocycles. The maximum absolute atomic E-state index is 12.8. The van der Waals surface area contributed by atoms with Gasteiger partial charge in [0.1, 0.15) is 17.2 Å². The number of carbonyl (C=O) groups excluding carboxylic acids is 1. The van der Waals surface area contributed by atoms with E-state index in [1.807, 2.05) is 31.2 Å². The van der Waals surface area contributed by atoms with Crippen LogP contribution >= 0.6 is 0 Å². The van der Waals surface area contributed by atoms with Gasteiger partial charge >= 0.3 is 0 Å². The van der Waals surface area contributed by atoms with E-state index >= 15 is 0 Å². The SMILES string of the molecule is Cc1cc(NC(=O)c2ccnn2-c2cccnc2)nc(-c2ccccn2)n1. The monoisotopic (exact) mass is 357 g/mol. The fourth-order valence-electron chi connectivity index (χ4n) is 2.58. The van der Waals surface area contributed by atoms with Crippen molar-refractivity contribution >= 4 is 11.7 Å². The standard InChI is InChI=1S/C19H15N7O/c1-13-11-17(24-18(23-13)15-6-2-3-9-21-15)25-19(27)16-7-10-22-26(16)14-5-4-8-20-12-14/h2-12H,1H3,(H,23,24,25,27). The Balaban J connectivity index is 1.63. The average molecular weight is 357 g/mol. The highest BCUT2D eigenvalue weighted by molar-refractivity contribution is 6.03. The first-order chi connectivity index (χ1) is 13.2. The molecule has 8 heteroatoms. The zero-order chi connectivity index (χ0) is 18.6. The van der Waals surface area contributed by atoms with Crippen LogP contribution in [0.1, 0.15) is 16.2 Å². The summed E-state index contributed by atoms with van der Waals surface area (Å²) < 4.78 is 1.52. The molecule has 8 nitrogen and oxygen atoms in total. The Labute approximate surface area is 155 Å². The van der Waals surface area contributed by atoms with Crippen molar-refractivity contribution in [1.82, 2.24) is 29.7 Å². The second-order valence-corrected chi connectivity index (χ2v) is 5.73. The van der Waals surface area contributed by atoms with E-state index in [9.17, 15) is 4.79 Å². The summed E-state index contributed by atoms with van der Waals surface area (Å²) in [6, 6.07) is 12.4. The lowest BCUT2D eigenvalue weighted by Gasteiger charge is -2.09. The van der Waals surface area contributed by atoms with Gasteiger partial charge in [-0.15, -0.1) is 0 Å². The van der Waals surface area contributed by atoms with Gasteiger partial charge in [0.05, 0.1) is 18.1 Å². The Bertz CT molecular complexity index is 1080. The van der Waals surface area contributed by atoms with Crippen LogP contribution in [0.3, 0.4) is 0 Å². The molecule has 27 heavy (non-hydrogen) atoms. The Morgan fingerprint density at radius 2 is 1.96 bits per heavy atom. The van der Waals surface area contributed by atoms with Gasteiger partial charge in [0, 0.05) is 24.2 Å². The van der Waals surface area contributed by atoms with Crippen molar-refractivity contribution in [1.29, 1.82) is 0 Å². The molecule has 0 aliphatic heterocycles. The van der Waals surface area contributed by atoms with Gasteiger partial charge in [-0.05, 0) is 37.3 Å². The summed E-state index contributed by atoms with van der Waals surface area (Å²) in [5, 5.41) is 7.01. The largest absolute Gasteiger partial charge is 0.305 e. The van der Waals surface area contributed by atoms with Crippen molar-refractivity contribution in [3.05, 3.63) is 78.6 Å². The molecule has 0 atom stereocenters. The first-order valence-corrected chi connectivity index (χ1v) is 8.23. The maximum atomic E-state index is 12.8. The van der Waals surface area contributed by atoms with Crippen molar-refractivity contribution in [2.24, 2.45) is 0 Å². The van der Waals surface area contributed by atoms with Gasteiger partial charge in [0.2, 0.25) is 0 Å². The lowest BCUT2D eigenvalue weighted by Crippen LogP contribution is -2.18. The second-order valence-electron chi connectivity index (χ2n) is 5.73. The van der Waals surface area contributed by atoms with Crippen LogP contribution in [0.5, 0.6) is 0 Å². The number of rotatable bonds is 4. The molecule has 132 valence electrons. The highest BCUT2D eigenvalue weighted by Crippen LogP contribution is 2.17. The predicted octanol–water partition coefficient (Wildman–Crippen LogP) is 2.68. The molecule has 0 aliphatic rings. The van der Waals surface area contributed by atoms with Gasteiger partial charge in [-0.25, -0.2) is 14.6 Å². The summed E-state index contributed by atoms with van der Waals surface area (Å²) in [4.78, 5) is 29.9. The molecule has 0 aliphatic carbocycles. The van der Waals surface area contributed by atoms with Crippen LogP contribution in [-0.2, 0) is 0 Å². The Hall–Kier alpha value is -3.94. The first-order valence-electron chi connectivity index (χ1n) is 8.23. The fraction of sp³-hybridized carbons (Fsp3) is 0.0526. The molecule has 0 unspecified atom stereocenters. The van der Waals surface area contributed by atoms with Crippen LogP contribution in [0.25, 0.3) is 17.2 Å². The van der Waals surface area contributed by atoms with Gasteiger partial charge in [-0.3, -0.25) is 14.8 Å². The topological polar surface area (TPSA) is 98.5 Å². The quantitative estimate of drug-likeness (QED) is 0.603. The summed E-state index contributed by atoms with van der Waals surface area (Å²) >= 11 is 0. The maximum Gasteiger partial charge on any atom is 0.275 e. The van der Waals surface area contributed by atoms with Crippen LogP contribution in [0.2, 0.25) is 0 Å². The third kappa shape index (κ3) is 3.54. The van der Waals surface area contributed by atoms with E-state index in [0.29, 0.717) is 28.7 Å². The Morgan fingerprint density at radius 3 is 2.74 bits per heavy atom. The Morgan fingerprint density at radius 1 is 1.04 bits per heavy atom. The molecule has 0 spiro atoms. The zero-order valence-electron chi connectivity index (χ0n) is 14.4. The Kier molecular flexibility index (Phi) is 4.36. The summed E-state index contributed by atoms with van der Waals surface area (Å²) in [6.07, 6.45) is 6.53. The van der Waals surface area contributed by atoms with Crippen LogP contribution in [-0.4, -0.2) is 35.6 Å². The number of pyridine rings is 2. The minimum absolute atomic E-state index is 0.332. The highest BCUT2D eigenvalue weighted by atomic mass is 16.2. The molecular formula is C19H15N7O. The molecule has 0 aromatic carbocycles. The van der Waals surface area contributed by atoms with Crippen molar-refractivity contribution in [2.75, 3.05) is 5.32 Å². The van der Waals surface area contributed by atoms with E-state index in [1.54, 1.807) is 43.0 Å². The number of anilines is 1. The molecule has 0 radical (unpaired) electrons. The molecule has 4 aromatic heterocycles. The lowest BCUT2D eigenvalue weighted by atomic mass is 10.3. The van der Waals surface area contributed by atoms with E-state index in [1.165, 1.54) is 4.68 Å². The van der Waals surface area contributed by atoms with Crippen LogP contribution < -0.4 is 5.32 Å². The third-order valence-electron chi connectivity index (χ3n) is 3.76. The normalized spacial score (nSPS) is 10.6. The summed E-state index contributed by atoms with van der Waals surface area (Å²) in [5.74, 6) is 0.514. The average Bonchev–Trinajstić information content (AvgIpc) is 3.19. The van der Waals surface area contributed by atoms with Gasteiger partial charge in [0.25, 0.3) is 5.91 Å². The van der Waals surface area contributed by atoms with Crippen LogP contribution in [0.4, 0.5) is 5.82 Å². The number of aryl methyl sites for hydroxylation is 1. The van der Waals surface area contributed by atoms with Crippen molar-refractivity contribution < 1.29 is 4.79 Å².